The van der Waals surface area contributed by atoms with E-state index >= 15 is 0 Å². The first kappa shape index (κ1) is 9.15. The fraction of sp³-hybridized carbons (Fsp3) is 0.429. The van der Waals surface area contributed by atoms with E-state index in [1.807, 2.05) is 0 Å². The van der Waals surface area contributed by atoms with Crippen molar-refractivity contribution in [3.05, 3.63) is 11.1 Å². The van der Waals surface area contributed by atoms with Crippen molar-refractivity contribution in [1.82, 2.24) is 5.32 Å². The summed E-state index contributed by atoms with van der Waals surface area (Å²) in [6.07, 6.45) is 2.02. The Balaban J connectivity index is 2.37. The summed E-state index contributed by atoms with van der Waals surface area (Å²) in [6, 6.07) is 0. The van der Waals surface area contributed by atoms with E-state index in [0.29, 0.717) is 18.1 Å². The molecule has 0 bridgehead atoms. The molecule has 0 aliphatic carbocycles. The molecular weight excluding hydrogens is 176 g/mol. The van der Waals surface area contributed by atoms with E-state index in [4.69, 9.17) is 10.5 Å². The summed E-state index contributed by atoms with van der Waals surface area (Å²) in [6.45, 7) is 2.20. The average Bonchev–Trinajstić information content (AvgIpc) is 2.36. The number of carbonyl (C=O) groups is 1. The average molecular weight is 187 g/mol. The monoisotopic (exact) mass is 187 g/mol. The zero-order chi connectivity index (χ0) is 8.97. The first-order valence-corrected chi connectivity index (χ1v) is 4.45. The maximum Gasteiger partial charge on any atom is 0.311 e. The van der Waals surface area contributed by atoms with Crippen molar-refractivity contribution in [2.75, 3.05) is 6.61 Å². The molecule has 1 radical (unpaired) electrons. The molecule has 1 aliphatic rings. The molecular formula is C7H11N2O2S. The highest BCUT2D eigenvalue weighted by Gasteiger charge is 2.09. The Labute approximate surface area is 74.7 Å². The number of nitrogens with two attached hydrogens (primary N) is 1. The number of hydrogen-bond donors (Lipinski definition) is 2. The molecule has 4 nitrogen and oxygen atoms in total. The van der Waals surface area contributed by atoms with Gasteiger partial charge in [0.05, 0.1) is 13.0 Å². The quantitative estimate of drug-likeness (QED) is 0.488. The molecule has 1 heterocycles. The Morgan fingerprint density at radius 2 is 2.58 bits per heavy atom. The summed E-state index contributed by atoms with van der Waals surface area (Å²) in [4.78, 5) is 11.8. The molecule has 3 N–H and O–H groups in total. The number of hydrogen-bond acceptors (Lipinski definition) is 4. The van der Waals surface area contributed by atoms with Crippen LogP contribution in [-0.4, -0.2) is 17.7 Å². The lowest BCUT2D eigenvalue weighted by atomic mass is 10.4. The molecule has 0 unspecified atom stereocenters. The molecule has 0 saturated carbocycles. The number of carbonyl (C=O) groups excluding carboxylic acids is 1. The third-order valence-corrected chi connectivity index (χ3v) is 2.10. The number of rotatable bonds is 3. The number of nitrogens with one attached hydrogen (secondary N) is 1. The second-order valence-electron chi connectivity index (χ2n) is 2.20. The van der Waals surface area contributed by atoms with Gasteiger partial charge < -0.3 is 10.1 Å². The second-order valence-corrected chi connectivity index (χ2v) is 3.37. The Morgan fingerprint density at radius 3 is 3.08 bits per heavy atom. The summed E-state index contributed by atoms with van der Waals surface area (Å²) in [5.74, 6) is -0.215. The lowest BCUT2D eigenvalue weighted by Gasteiger charge is -1.98. The lowest BCUT2D eigenvalue weighted by molar-refractivity contribution is -0.142. The summed E-state index contributed by atoms with van der Waals surface area (Å²) in [7, 11) is 0. The van der Waals surface area contributed by atoms with Gasteiger partial charge in [0, 0.05) is 11.1 Å². The molecule has 5 heteroatoms. The van der Waals surface area contributed by atoms with Crippen LogP contribution in [0, 0.1) is 0 Å². The fourth-order valence-corrected chi connectivity index (χ4v) is 1.50. The maximum atomic E-state index is 11.0. The van der Waals surface area contributed by atoms with Crippen LogP contribution < -0.4 is 11.1 Å². The van der Waals surface area contributed by atoms with E-state index in [-0.39, 0.29) is 5.97 Å². The van der Waals surface area contributed by atoms with Crippen molar-refractivity contribution in [3.63, 3.8) is 0 Å². The van der Waals surface area contributed by atoms with Gasteiger partial charge in [-0.25, -0.2) is 0 Å². The zero-order valence-electron chi connectivity index (χ0n) is 6.79. The Kier molecular flexibility index (Phi) is 3.19. The molecule has 0 amide bonds. The normalized spacial score (nSPS) is 14.8. The van der Waals surface area contributed by atoms with E-state index in [1.54, 1.807) is 13.1 Å². The molecule has 0 fully saturated rings. The highest BCUT2D eigenvalue weighted by molar-refractivity contribution is 8.02. The van der Waals surface area contributed by atoms with Crippen LogP contribution in [0.1, 0.15) is 13.3 Å². The van der Waals surface area contributed by atoms with Crippen molar-refractivity contribution in [1.29, 1.82) is 0 Å². The second kappa shape index (κ2) is 4.18. The van der Waals surface area contributed by atoms with Crippen LogP contribution in [0.2, 0.25) is 0 Å². The van der Waals surface area contributed by atoms with Gasteiger partial charge in [0.1, 0.15) is 5.11 Å². The summed E-state index contributed by atoms with van der Waals surface area (Å²) >= 11 is 1.36. The highest BCUT2D eigenvalue weighted by Crippen LogP contribution is 2.15. The zero-order valence-corrected chi connectivity index (χ0v) is 7.61. The Morgan fingerprint density at radius 1 is 1.83 bits per heavy atom. The topological polar surface area (TPSA) is 64.3 Å². The van der Waals surface area contributed by atoms with Crippen molar-refractivity contribution >= 4 is 22.4 Å². The third-order valence-electron chi connectivity index (χ3n) is 1.24. The summed E-state index contributed by atoms with van der Waals surface area (Å²) in [5, 5.41) is 3.41. The van der Waals surface area contributed by atoms with Gasteiger partial charge in [0.25, 0.3) is 0 Å². The van der Waals surface area contributed by atoms with Gasteiger partial charge >= 0.3 is 5.97 Å². The van der Waals surface area contributed by atoms with Gasteiger partial charge in [-0.05, 0) is 6.92 Å². The van der Waals surface area contributed by atoms with Gasteiger partial charge in [-0.1, -0.05) is 0 Å². The molecule has 67 valence electrons. The molecule has 1 rings (SSSR count). The maximum absolute atomic E-state index is 11.0. The van der Waals surface area contributed by atoms with Crippen LogP contribution in [0.15, 0.2) is 11.1 Å². The first-order chi connectivity index (χ1) is 5.72. The first-order valence-electron chi connectivity index (χ1n) is 3.64. The number of ether oxygens (including phenoxy) is 1. The van der Waals surface area contributed by atoms with E-state index in [2.05, 4.69) is 5.32 Å². The van der Waals surface area contributed by atoms with Crippen LogP contribution in [0.3, 0.4) is 0 Å². The van der Waals surface area contributed by atoms with Gasteiger partial charge in [-0.2, -0.15) is 0 Å². The largest absolute Gasteiger partial charge is 0.466 e. The van der Waals surface area contributed by atoms with Crippen LogP contribution in [0.25, 0.3) is 0 Å². The summed E-state index contributed by atoms with van der Waals surface area (Å²) in [5.41, 5.74) is 5.44. The SMILES string of the molecule is CCOC(=O)CC1=CNC(N)=[S]1. The molecule has 0 saturated heterocycles. The van der Waals surface area contributed by atoms with Gasteiger partial charge in [-0.3, -0.25) is 10.5 Å². The minimum absolute atomic E-state index is 0.215. The van der Waals surface area contributed by atoms with E-state index in [9.17, 15) is 4.79 Å². The smallest absolute Gasteiger partial charge is 0.311 e. The van der Waals surface area contributed by atoms with Crippen LogP contribution in [0.5, 0.6) is 0 Å². The van der Waals surface area contributed by atoms with Crippen molar-refractivity contribution in [2.45, 2.75) is 13.3 Å². The highest BCUT2D eigenvalue weighted by atomic mass is 32.1. The van der Waals surface area contributed by atoms with Crippen molar-refractivity contribution in [2.24, 2.45) is 5.73 Å². The molecule has 0 aromatic heterocycles. The van der Waals surface area contributed by atoms with Crippen LogP contribution >= 0.6 is 11.4 Å². The van der Waals surface area contributed by atoms with E-state index in [0.717, 1.165) is 4.91 Å². The molecule has 0 atom stereocenters. The minimum Gasteiger partial charge on any atom is -0.466 e. The van der Waals surface area contributed by atoms with Gasteiger partial charge in [0.15, 0.2) is 0 Å². The predicted octanol–water partition coefficient (Wildman–Crippen LogP) is 0.164. The van der Waals surface area contributed by atoms with E-state index in [1.165, 1.54) is 11.4 Å². The molecule has 0 spiro atoms. The minimum atomic E-state index is -0.215. The summed E-state index contributed by atoms with van der Waals surface area (Å²) < 4.78 is 4.77. The fourth-order valence-electron chi connectivity index (χ4n) is 0.793. The van der Waals surface area contributed by atoms with Gasteiger partial charge in [-0.15, -0.1) is 11.4 Å². The molecule has 1 aliphatic heterocycles. The van der Waals surface area contributed by atoms with E-state index < -0.39 is 0 Å². The standard InChI is InChI=1S/C7H11N2O2S/c1-2-11-6(10)3-5-4-9-7(8)12-5/h4,9H,2-3,8H2,1H3. The predicted molar refractivity (Wildman–Crippen MR) is 49.3 cm³/mol. The molecule has 0 aromatic carbocycles. The third kappa shape index (κ3) is 2.60. The number of esters is 1. The van der Waals surface area contributed by atoms with Crippen molar-refractivity contribution < 1.29 is 9.53 Å². The molecule has 12 heavy (non-hydrogen) atoms. The van der Waals surface area contributed by atoms with Gasteiger partial charge in [0.2, 0.25) is 0 Å². The Bertz CT molecular complexity index is 248. The van der Waals surface area contributed by atoms with Crippen molar-refractivity contribution in [3.8, 4) is 0 Å². The van der Waals surface area contributed by atoms with Crippen LogP contribution in [-0.2, 0) is 9.53 Å². The van der Waals surface area contributed by atoms with Crippen LogP contribution in [0.4, 0.5) is 0 Å². The Hall–Kier alpha value is -0.940. The molecule has 0 aromatic rings. The lowest BCUT2D eigenvalue weighted by Crippen LogP contribution is -2.21.